The second kappa shape index (κ2) is 14.2. The van der Waals surface area contributed by atoms with Gasteiger partial charge in [0, 0.05) is 42.9 Å². The first-order valence-electron chi connectivity index (χ1n) is 6.20. The molecule has 0 spiro atoms. The molecule has 1 aliphatic heterocycles. The summed E-state index contributed by atoms with van der Waals surface area (Å²) in [6, 6.07) is 0. The number of thiol groups is 1. The molecule has 1 rings (SSSR count). The van der Waals surface area contributed by atoms with Gasteiger partial charge in [0.2, 0.25) is 0 Å². The van der Waals surface area contributed by atoms with Crippen LogP contribution in [0.3, 0.4) is 0 Å². The van der Waals surface area contributed by atoms with Gasteiger partial charge in [0.15, 0.2) is 0 Å². The van der Waals surface area contributed by atoms with Crippen LogP contribution in [0.25, 0.3) is 0 Å². The minimum absolute atomic E-state index is 0. The molecular formula is C9H20Cl2N2NaO5PS2. The van der Waals surface area contributed by atoms with Gasteiger partial charge in [0.1, 0.15) is 0 Å². The largest absolute Gasteiger partial charge is 1.00 e. The number of hydrogen-bond donors (Lipinski definition) is 2. The van der Waals surface area contributed by atoms with Crippen molar-refractivity contribution in [2.75, 3.05) is 49.5 Å². The maximum atomic E-state index is 12.2. The number of alkyl halides is 2. The van der Waals surface area contributed by atoms with E-state index in [-0.39, 0.29) is 41.1 Å². The molecule has 1 unspecified atom stereocenters. The summed E-state index contributed by atoms with van der Waals surface area (Å²) in [5, 5.41) is 2.85. The minimum Gasteiger partial charge on any atom is -0.748 e. The molecular weight excluding hydrogens is 405 g/mol. The SMILES string of the molecule is O=P1(NCCCl)OCCCN1CCCl.O=S(=O)([O-])CCS.[Na+]. The van der Waals surface area contributed by atoms with Crippen molar-refractivity contribution in [3.8, 4) is 0 Å². The van der Waals surface area contributed by atoms with Gasteiger partial charge in [-0.3, -0.25) is 4.57 Å². The van der Waals surface area contributed by atoms with Crippen LogP contribution in [-0.4, -0.2) is 67.1 Å². The van der Waals surface area contributed by atoms with Crippen LogP contribution in [0.4, 0.5) is 0 Å². The Labute approximate surface area is 169 Å². The Kier molecular flexibility index (Phi) is 16.8. The maximum absolute atomic E-state index is 12.2. The van der Waals surface area contributed by atoms with Crippen molar-refractivity contribution in [1.29, 1.82) is 0 Å². The van der Waals surface area contributed by atoms with Crippen LogP contribution in [-0.2, 0) is 19.2 Å². The molecule has 1 aliphatic rings. The summed E-state index contributed by atoms with van der Waals surface area (Å²) in [5.41, 5.74) is 0. The van der Waals surface area contributed by atoms with Crippen LogP contribution in [0.5, 0.6) is 0 Å². The third kappa shape index (κ3) is 12.3. The van der Waals surface area contributed by atoms with Crippen LogP contribution < -0.4 is 34.6 Å². The molecule has 0 saturated carbocycles. The fourth-order valence-electron chi connectivity index (χ4n) is 1.43. The molecule has 0 bridgehead atoms. The molecule has 0 aromatic heterocycles. The third-order valence-electron chi connectivity index (χ3n) is 2.29. The molecule has 128 valence electrons. The van der Waals surface area contributed by atoms with E-state index in [4.69, 9.17) is 27.7 Å². The quantitative estimate of drug-likeness (QED) is 0.166. The molecule has 1 saturated heterocycles. The van der Waals surface area contributed by atoms with Gasteiger partial charge in [-0.15, -0.1) is 23.2 Å². The van der Waals surface area contributed by atoms with Crippen LogP contribution in [0.2, 0.25) is 0 Å². The van der Waals surface area contributed by atoms with E-state index in [9.17, 15) is 17.5 Å². The zero-order valence-electron chi connectivity index (χ0n) is 12.4. The van der Waals surface area contributed by atoms with Gasteiger partial charge in [-0.2, -0.15) is 12.6 Å². The van der Waals surface area contributed by atoms with E-state index >= 15 is 0 Å². The van der Waals surface area contributed by atoms with E-state index in [1.807, 2.05) is 0 Å². The van der Waals surface area contributed by atoms with Gasteiger partial charge in [-0.25, -0.2) is 18.2 Å². The Bertz CT molecular complexity index is 430. The Balaban J connectivity index is 0. The molecule has 13 heteroatoms. The Morgan fingerprint density at radius 2 is 2.00 bits per heavy atom. The first kappa shape index (κ1) is 26.2. The number of halogens is 2. The van der Waals surface area contributed by atoms with E-state index in [2.05, 4.69) is 17.7 Å². The van der Waals surface area contributed by atoms with Crippen LogP contribution in [0, 0.1) is 0 Å². The van der Waals surface area contributed by atoms with Crippen LogP contribution in [0.1, 0.15) is 6.42 Å². The van der Waals surface area contributed by atoms with Gasteiger partial charge < -0.3 is 9.08 Å². The van der Waals surface area contributed by atoms with Crippen LogP contribution in [0.15, 0.2) is 0 Å². The monoisotopic (exact) mass is 424 g/mol. The van der Waals surface area contributed by atoms with E-state index in [1.54, 1.807) is 4.67 Å². The molecule has 7 nitrogen and oxygen atoms in total. The van der Waals surface area contributed by atoms with Gasteiger partial charge in [-0.05, 0) is 6.42 Å². The maximum Gasteiger partial charge on any atom is 1.00 e. The van der Waals surface area contributed by atoms with Crippen molar-refractivity contribution in [3.63, 3.8) is 0 Å². The molecule has 0 aromatic rings. The predicted octanol–water partition coefficient (Wildman–Crippen LogP) is -1.65. The van der Waals surface area contributed by atoms with Crippen molar-refractivity contribution in [1.82, 2.24) is 9.76 Å². The van der Waals surface area contributed by atoms with Crippen molar-refractivity contribution in [3.05, 3.63) is 0 Å². The predicted molar refractivity (Wildman–Crippen MR) is 87.6 cm³/mol. The zero-order valence-corrected chi connectivity index (χ0v) is 18.5. The van der Waals surface area contributed by atoms with Gasteiger partial charge >= 0.3 is 37.2 Å². The second-order valence-electron chi connectivity index (χ2n) is 3.93. The average Bonchev–Trinajstić information content (AvgIpc) is 2.39. The summed E-state index contributed by atoms with van der Waals surface area (Å²) in [6.45, 7) is 2.36. The fraction of sp³-hybridized carbons (Fsp3) is 1.00. The Morgan fingerprint density at radius 3 is 2.41 bits per heavy atom. The molecule has 1 fully saturated rings. The van der Waals surface area contributed by atoms with Crippen molar-refractivity contribution < 1.29 is 51.6 Å². The first-order chi connectivity index (χ1) is 9.79. The van der Waals surface area contributed by atoms with Crippen molar-refractivity contribution in [2.45, 2.75) is 6.42 Å². The Hall–Kier alpha value is 1.95. The number of hydrogen-bond acceptors (Lipinski definition) is 6. The summed E-state index contributed by atoms with van der Waals surface area (Å²) < 4.78 is 48.1. The van der Waals surface area contributed by atoms with E-state index in [1.165, 1.54) is 0 Å². The summed E-state index contributed by atoms with van der Waals surface area (Å²) in [7, 11) is -6.84. The first-order valence-corrected chi connectivity index (χ1v) is 11.1. The molecule has 22 heavy (non-hydrogen) atoms. The van der Waals surface area contributed by atoms with E-state index < -0.39 is 17.8 Å². The van der Waals surface area contributed by atoms with Gasteiger partial charge in [0.05, 0.1) is 16.7 Å². The summed E-state index contributed by atoms with van der Waals surface area (Å²) in [5.74, 6) is 0.597. The molecule has 0 aliphatic carbocycles. The smallest absolute Gasteiger partial charge is 0.748 e. The van der Waals surface area contributed by atoms with Gasteiger partial charge in [-0.1, -0.05) is 0 Å². The molecule has 1 atom stereocenters. The third-order valence-corrected chi connectivity index (χ3v) is 6.18. The standard InChI is InChI=1S/C7H15Cl2N2O2P.C2H6O3S2.Na/c8-2-4-10-14(12)11(6-3-9)5-1-7-13-14;3-7(4,5)2-1-6;/h1-7H2,(H,10,12);6H,1-2H2,(H,3,4,5);/q;;+1/p-1. The Morgan fingerprint density at radius 1 is 1.36 bits per heavy atom. The molecule has 0 aromatic carbocycles. The summed E-state index contributed by atoms with van der Waals surface area (Å²) >= 11 is 14.7. The summed E-state index contributed by atoms with van der Waals surface area (Å²) in [6.07, 6.45) is 0.892. The molecule has 1 N–H and O–H groups in total. The van der Waals surface area contributed by atoms with Crippen molar-refractivity contribution >= 4 is 53.6 Å². The number of nitrogens with one attached hydrogen (secondary N) is 1. The van der Waals surface area contributed by atoms with Gasteiger partial charge in [0.25, 0.3) is 0 Å². The van der Waals surface area contributed by atoms with Crippen LogP contribution >= 0.6 is 43.5 Å². The van der Waals surface area contributed by atoms with Crippen molar-refractivity contribution in [2.24, 2.45) is 0 Å². The second-order valence-corrected chi connectivity index (χ2v) is 8.84. The normalized spacial score (nSPS) is 22.4. The average molecular weight is 425 g/mol. The number of nitrogens with zero attached hydrogens (tertiary/aromatic N) is 1. The fourth-order valence-corrected chi connectivity index (χ4v) is 4.87. The topological polar surface area (TPSA) is 98.8 Å². The molecule has 1 heterocycles. The van der Waals surface area contributed by atoms with E-state index in [0.29, 0.717) is 31.5 Å². The molecule has 0 amide bonds. The zero-order chi connectivity index (χ0) is 16.4. The van der Waals surface area contributed by atoms with E-state index in [0.717, 1.165) is 13.0 Å². The molecule has 0 radical (unpaired) electrons. The number of rotatable bonds is 7. The summed E-state index contributed by atoms with van der Waals surface area (Å²) in [4.78, 5) is 0. The minimum atomic E-state index is -4.00.